The SMILES string of the molecule is CSc1ccccc1C(=O)NNC(=O)c1cccc(O)c1. The van der Waals surface area contributed by atoms with Crippen LogP contribution in [0.2, 0.25) is 0 Å². The number of carbonyl (C=O) groups excluding carboxylic acids is 2. The van der Waals surface area contributed by atoms with Gasteiger partial charge in [-0.15, -0.1) is 11.8 Å². The first kappa shape index (κ1) is 14.9. The fourth-order valence-electron chi connectivity index (χ4n) is 1.73. The Hall–Kier alpha value is -2.47. The van der Waals surface area contributed by atoms with Gasteiger partial charge in [-0.2, -0.15) is 0 Å². The Labute approximate surface area is 126 Å². The second-order valence-corrected chi connectivity index (χ2v) is 5.01. The van der Waals surface area contributed by atoms with E-state index in [-0.39, 0.29) is 11.3 Å². The molecule has 0 aliphatic carbocycles. The predicted octanol–water partition coefficient (Wildman–Crippen LogP) is 2.19. The standard InChI is InChI=1S/C15H14N2O3S/c1-21-13-8-3-2-7-12(13)15(20)17-16-14(19)10-5-4-6-11(18)9-10/h2-9,18H,1H3,(H,16,19)(H,17,20). The number of nitrogens with one attached hydrogen (secondary N) is 2. The Morgan fingerprint density at radius 1 is 1.00 bits per heavy atom. The number of thioether (sulfide) groups is 1. The number of rotatable bonds is 3. The highest BCUT2D eigenvalue weighted by atomic mass is 32.2. The average Bonchev–Trinajstić information content (AvgIpc) is 2.52. The third kappa shape index (κ3) is 3.76. The van der Waals surface area contributed by atoms with Gasteiger partial charge in [-0.3, -0.25) is 20.4 Å². The maximum atomic E-state index is 12.0. The Bertz CT molecular complexity index is 673. The van der Waals surface area contributed by atoms with Crippen molar-refractivity contribution in [1.82, 2.24) is 10.9 Å². The molecule has 0 saturated heterocycles. The van der Waals surface area contributed by atoms with Crippen molar-refractivity contribution in [2.45, 2.75) is 4.90 Å². The molecular formula is C15H14N2O3S. The van der Waals surface area contributed by atoms with E-state index < -0.39 is 11.8 Å². The molecule has 2 aromatic carbocycles. The van der Waals surface area contributed by atoms with Gasteiger partial charge in [-0.25, -0.2) is 0 Å². The van der Waals surface area contributed by atoms with Crippen molar-refractivity contribution >= 4 is 23.6 Å². The smallest absolute Gasteiger partial charge is 0.270 e. The van der Waals surface area contributed by atoms with Gasteiger partial charge < -0.3 is 5.11 Å². The van der Waals surface area contributed by atoms with Gasteiger partial charge in [0.2, 0.25) is 0 Å². The van der Waals surface area contributed by atoms with E-state index in [9.17, 15) is 14.7 Å². The molecule has 2 aromatic rings. The van der Waals surface area contributed by atoms with Crippen LogP contribution in [0, 0.1) is 0 Å². The number of phenols is 1. The number of phenolic OH excluding ortho intramolecular Hbond substituents is 1. The molecule has 0 heterocycles. The van der Waals surface area contributed by atoms with Crippen molar-refractivity contribution in [2.75, 3.05) is 6.26 Å². The molecule has 0 bridgehead atoms. The Morgan fingerprint density at radius 3 is 2.43 bits per heavy atom. The third-order valence-electron chi connectivity index (χ3n) is 2.75. The molecular weight excluding hydrogens is 288 g/mol. The van der Waals surface area contributed by atoms with Gasteiger partial charge in [0, 0.05) is 10.5 Å². The maximum Gasteiger partial charge on any atom is 0.270 e. The van der Waals surface area contributed by atoms with Gasteiger partial charge in [0.05, 0.1) is 5.56 Å². The van der Waals surface area contributed by atoms with E-state index in [4.69, 9.17) is 0 Å². The predicted molar refractivity (Wildman–Crippen MR) is 81.3 cm³/mol. The molecule has 108 valence electrons. The minimum atomic E-state index is -0.499. The average molecular weight is 302 g/mol. The van der Waals surface area contributed by atoms with Crippen LogP contribution in [-0.4, -0.2) is 23.2 Å². The molecule has 21 heavy (non-hydrogen) atoms. The van der Waals surface area contributed by atoms with Crippen LogP contribution in [0.15, 0.2) is 53.4 Å². The van der Waals surface area contributed by atoms with Crippen LogP contribution in [0.1, 0.15) is 20.7 Å². The second-order valence-electron chi connectivity index (χ2n) is 4.16. The van der Waals surface area contributed by atoms with Crippen LogP contribution in [0.4, 0.5) is 0 Å². The largest absolute Gasteiger partial charge is 0.508 e. The fraction of sp³-hybridized carbons (Fsp3) is 0.0667. The van der Waals surface area contributed by atoms with E-state index >= 15 is 0 Å². The quantitative estimate of drug-likeness (QED) is 0.600. The highest BCUT2D eigenvalue weighted by Crippen LogP contribution is 2.19. The summed E-state index contributed by atoms with van der Waals surface area (Å²) in [5.41, 5.74) is 5.42. The van der Waals surface area contributed by atoms with E-state index in [1.807, 2.05) is 18.4 Å². The number of hydrazine groups is 1. The molecule has 5 nitrogen and oxygen atoms in total. The van der Waals surface area contributed by atoms with Crippen molar-refractivity contribution in [3.63, 3.8) is 0 Å². The minimum absolute atomic E-state index is 0.0123. The first-order valence-corrected chi connectivity index (χ1v) is 7.37. The Morgan fingerprint density at radius 2 is 1.71 bits per heavy atom. The number of aromatic hydroxyl groups is 1. The summed E-state index contributed by atoms with van der Waals surface area (Å²) in [6.07, 6.45) is 1.87. The number of hydrogen-bond acceptors (Lipinski definition) is 4. The molecule has 0 spiro atoms. The highest BCUT2D eigenvalue weighted by Gasteiger charge is 2.12. The lowest BCUT2D eigenvalue weighted by Gasteiger charge is -2.09. The zero-order chi connectivity index (χ0) is 15.2. The van der Waals surface area contributed by atoms with E-state index in [2.05, 4.69) is 10.9 Å². The molecule has 2 amide bonds. The Kier molecular flexibility index (Phi) is 4.84. The lowest BCUT2D eigenvalue weighted by atomic mass is 10.2. The number of amides is 2. The lowest BCUT2D eigenvalue weighted by Crippen LogP contribution is -2.41. The van der Waals surface area contributed by atoms with Crippen molar-refractivity contribution < 1.29 is 14.7 Å². The topological polar surface area (TPSA) is 78.4 Å². The van der Waals surface area contributed by atoms with Crippen LogP contribution in [0.5, 0.6) is 5.75 Å². The van der Waals surface area contributed by atoms with Gasteiger partial charge in [-0.1, -0.05) is 18.2 Å². The van der Waals surface area contributed by atoms with Crippen molar-refractivity contribution in [3.05, 3.63) is 59.7 Å². The molecule has 0 radical (unpaired) electrons. The molecule has 2 rings (SSSR count). The van der Waals surface area contributed by atoms with Crippen LogP contribution in [0.25, 0.3) is 0 Å². The minimum Gasteiger partial charge on any atom is -0.508 e. The summed E-state index contributed by atoms with van der Waals surface area (Å²) in [6.45, 7) is 0. The summed E-state index contributed by atoms with van der Waals surface area (Å²) in [7, 11) is 0. The summed E-state index contributed by atoms with van der Waals surface area (Å²) in [6, 6.07) is 13.0. The third-order valence-corrected chi connectivity index (χ3v) is 3.55. The molecule has 3 N–H and O–H groups in total. The highest BCUT2D eigenvalue weighted by molar-refractivity contribution is 7.98. The first-order valence-electron chi connectivity index (χ1n) is 6.14. The van der Waals surface area contributed by atoms with E-state index in [1.165, 1.54) is 30.0 Å². The van der Waals surface area contributed by atoms with Crippen LogP contribution in [0.3, 0.4) is 0 Å². The zero-order valence-corrected chi connectivity index (χ0v) is 12.1. The second kappa shape index (κ2) is 6.81. The van der Waals surface area contributed by atoms with Gasteiger partial charge in [0.1, 0.15) is 5.75 Å². The summed E-state index contributed by atoms with van der Waals surface area (Å²) in [5, 5.41) is 9.32. The molecule has 6 heteroatoms. The van der Waals surface area contributed by atoms with E-state index in [1.54, 1.807) is 18.2 Å². The van der Waals surface area contributed by atoms with Crippen molar-refractivity contribution in [3.8, 4) is 5.75 Å². The van der Waals surface area contributed by atoms with Crippen LogP contribution < -0.4 is 10.9 Å². The van der Waals surface area contributed by atoms with Gasteiger partial charge >= 0.3 is 0 Å². The molecule has 0 atom stereocenters. The first-order chi connectivity index (χ1) is 10.1. The Balaban J connectivity index is 2.02. The maximum absolute atomic E-state index is 12.0. The van der Waals surface area contributed by atoms with E-state index in [0.29, 0.717) is 5.56 Å². The number of hydrogen-bond donors (Lipinski definition) is 3. The molecule has 0 fully saturated rings. The molecule has 0 aliphatic rings. The van der Waals surface area contributed by atoms with Gasteiger partial charge in [0.25, 0.3) is 11.8 Å². The van der Waals surface area contributed by atoms with E-state index in [0.717, 1.165) is 4.90 Å². The monoisotopic (exact) mass is 302 g/mol. The number of carbonyl (C=O) groups is 2. The fourth-order valence-corrected chi connectivity index (χ4v) is 2.33. The van der Waals surface area contributed by atoms with Crippen molar-refractivity contribution in [2.24, 2.45) is 0 Å². The lowest BCUT2D eigenvalue weighted by molar-refractivity contribution is 0.0845. The normalized spacial score (nSPS) is 9.95. The zero-order valence-electron chi connectivity index (χ0n) is 11.3. The van der Waals surface area contributed by atoms with Crippen LogP contribution in [-0.2, 0) is 0 Å². The molecule has 0 aromatic heterocycles. The van der Waals surface area contributed by atoms with Gasteiger partial charge in [-0.05, 0) is 36.6 Å². The molecule has 0 saturated carbocycles. The summed E-state index contributed by atoms with van der Waals surface area (Å²) in [5.74, 6) is -0.906. The van der Waals surface area contributed by atoms with Crippen LogP contribution >= 0.6 is 11.8 Å². The summed E-state index contributed by atoms with van der Waals surface area (Å²) in [4.78, 5) is 24.7. The van der Waals surface area contributed by atoms with Crippen molar-refractivity contribution in [1.29, 1.82) is 0 Å². The molecule has 0 aliphatic heterocycles. The summed E-state index contributed by atoms with van der Waals surface area (Å²) < 4.78 is 0. The summed E-state index contributed by atoms with van der Waals surface area (Å²) >= 11 is 1.45. The molecule has 0 unspecified atom stereocenters. The van der Waals surface area contributed by atoms with Gasteiger partial charge in [0.15, 0.2) is 0 Å². The number of benzene rings is 2.